The molecule has 238 valence electrons. The van der Waals surface area contributed by atoms with E-state index >= 15 is 0 Å². The lowest BCUT2D eigenvalue weighted by atomic mass is 9.97. The maximum absolute atomic E-state index is 12.8. The van der Waals surface area contributed by atoms with Crippen molar-refractivity contribution in [3.63, 3.8) is 0 Å². The van der Waals surface area contributed by atoms with E-state index in [0.29, 0.717) is 51.9 Å². The molecular formula is C31H28Cl2N6O4S3. The number of hydrogen-bond donors (Lipinski definition) is 2. The highest BCUT2D eigenvalue weighted by molar-refractivity contribution is 7.92. The minimum Gasteiger partial charge on any atom is -0.360 e. The first-order valence-electron chi connectivity index (χ1n) is 15.1. The van der Waals surface area contributed by atoms with Gasteiger partial charge in [-0.2, -0.15) is 8.42 Å². The highest BCUT2D eigenvalue weighted by Gasteiger charge is 2.42. The second-order valence-corrected chi connectivity index (χ2v) is 16.6. The number of hydrogen-bond acceptors (Lipinski definition) is 11. The van der Waals surface area contributed by atoms with Crippen molar-refractivity contribution in [2.24, 2.45) is 0 Å². The van der Waals surface area contributed by atoms with Crippen LogP contribution in [0.25, 0.3) is 21.5 Å². The fraction of sp³-hybridized carbons (Fsp3) is 0.355. The van der Waals surface area contributed by atoms with Gasteiger partial charge in [0.15, 0.2) is 5.13 Å². The third-order valence-corrected chi connectivity index (χ3v) is 13.2. The molecule has 5 heterocycles. The summed E-state index contributed by atoms with van der Waals surface area (Å²) in [4.78, 5) is 24.0. The first-order valence-corrected chi connectivity index (χ1v) is 19.0. The summed E-state index contributed by atoms with van der Waals surface area (Å²) in [5.41, 5.74) is 3.51. The lowest BCUT2D eigenvalue weighted by Gasteiger charge is -2.39. The normalized spacial score (nSPS) is 21.3. The van der Waals surface area contributed by atoms with Gasteiger partial charge < -0.3 is 14.7 Å². The van der Waals surface area contributed by atoms with E-state index in [-0.39, 0.29) is 9.90 Å². The topological polar surface area (TPSA) is 130 Å². The van der Waals surface area contributed by atoms with Crippen LogP contribution in [0.5, 0.6) is 0 Å². The van der Waals surface area contributed by atoms with Gasteiger partial charge in [-0.05, 0) is 68.9 Å². The fourth-order valence-electron chi connectivity index (χ4n) is 6.71. The lowest BCUT2D eigenvalue weighted by molar-refractivity contribution is 0.0981. The van der Waals surface area contributed by atoms with E-state index < -0.39 is 15.9 Å². The molecule has 8 rings (SSSR count). The highest BCUT2D eigenvalue weighted by atomic mass is 35.5. The molecule has 15 heteroatoms. The van der Waals surface area contributed by atoms with Crippen molar-refractivity contribution in [2.75, 3.05) is 4.90 Å². The molecule has 2 unspecified atom stereocenters. The minimum absolute atomic E-state index is 0.148. The van der Waals surface area contributed by atoms with Crippen molar-refractivity contribution in [3.05, 3.63) is 74.9 Å². The van der Waals surface area contributed by atoms with Gasteiger partial charge >= 0.3 is 0 Å². The van der Waals surface area contributed by atoms with Crippen molar-refractivity contribution in [2.45, 2.75) is 73.5 Å². The minimum atomic E-state index is -4.02. The molecule has 1 aliphatic carbocycles. The summed E-state index contributed by atoms with van der Waals surface area (Å²) in [5, 5.41) is 11.8. The molecule has 46 heavy (non-hydrogen) atoms. The molecule has 1 amide bonds. The summed E-state index contributed by atoms with van der Waals surface area (Å²) < 4.78 is 33.7. The van der Waals surface area contributed by atoms with Crippen molar-refractivity contribution >= 4 is 77.2 Å². The number of rotatable bonds is 9. The monoisotopic (exact) mass is 714 g/mol. The van der Waals surface area contributed by atoms with Gasteiger partial charge in [0, 0.05) is 58.9 Å². The number of benzene rings is 2. The lowest BCUT2D eigenvalue weighted by Crippen LogP contribution is -2.49. The Morgan fingerprint density at radius 3 is 2.52 bits per heavy atom. The van der Waals surface area contributed by atoms with Crippen molar-refractivity contribution in [1.29, 1.82) is 0 Å². The number of carbonyl (C=O) groups excluding carboxylic acids is 1. The van der Waals surface area contributed by atoms with E-state index in [1.54, 1.807) is 23.6 Å². The molecule has 2 atom stereocenters. The zero-order valence-electron chi connectivity index (χ0n) is 24.3. The maximum Gasteiger partial charge on any atom is 0.291 e. The smallest absolute Gasteiger partial charge is 0.291 e. The van der Waals surface area contributed by atoms with Gasteiger partial charge in [-0.1, -0.05) is 45.8 Å². The average Bonchev–Trinajstić information content (AvgIpc) is 3.36. The van der Waals surface area contributed by atoms with Crippen LogP contribution < -0.4 is 14.9 Å². The Morgan fingerprint density at radius 1 is 1.07 bits per heavy atom. The van der Waals surface area contributed by atoms with Gasteiger partial charge in [0.05, 0.1) is 20.3 Å². The Labute approximate surface area is 283 Å². The number of aromatic nitrogens is 3. The second kappa shape index (κ2) is 11.9. The molecule has 2 aromatic carbocycles. The Kier molecular flexibility index (Phi) is 7.81. The number of nitrogens with one attached hydrogen (secondary N) is 2. The van der Waals surface area contributed by atoms with E-state index in [2.05, 4.69) is 25.1 Å². The molecule has 2 N–H and O–H groups in total. The van der Waals surface area contributed by atoms with E-state index in [9.17, 15) is 13.2 Å². The van der Waals surface area contributed by atoms with Crippen molar-refractivity contribution in [1.82, 2.24) is 25.2 Å². The van der Waals surface area contributed by atoms with E-state index in [0.717, 1.165) is 76.5 Å². The highest BCUT2D eigenvalue weighted by Crippen LogP contribution is 2.46. The zero-order chi connectivity index (χ0) is 31.6. The van der Waals surface area contributed by atoms with E-state index in [1.165, 1.54) is 17.5 Å². The van der Waals surface area contributed by atoms with Gasteiger partial charge in [-0.15, -0.1) is 11.3 Å². The van der Waals surface area contributed by atoms with Crippen LogP contribution in [0.3, 0.4) is 0 Å². The molecule has 3 aromatic heterocycles. The number of fused-ring (bicyclic) bond motifs is 3. The van der Waals surface area contributed by atoms with Crippen molar-refractivity contribution < 1.29 is 17.7 Å². The molecule has 10 nitrogen and oxygen atoms in total. The van der Waals surface area contributed by atoms with Crippen LogP contribution in [0.4, 0.5) is 5.13 Å². The predicted octanol–water partition coefficient (Wildman–Crippen LogP) is 7.00. The molecule has 3 aliphatic rings. The number of carbonyl (C=O) groups is 1. The first-order chi connectivity index (χ1) is 22.2. The SMILES string of the molecule is O=C(NS(=O)(=O)c1nccs1)c1ccc2nc(N3C4CCC3CC(NCc3c(-c5c(Cl)cccc5Cl)noc3C3CC3)C4)sc2c1. The predicted molar refractivity (Wildman–Crippen MR) is 179 cm³/mol. The van der Waals surface area contributed by atoms with E-state index in [4.69, 9.17) is 32.7 Å². The molecule has 5 aromatic rings. The number of nitrogens with zero attached hydrogens (tertiary/aromatic N) is 4. The molecule has 0 radical (unpaired) electrons. The average molecular weight is 716 g/mol. The number of halogens is 2. The van der Waals surface area contributed by atoms with Crippen LogP contribution in [-0.2, 0) is 16.6 Å². The summed E-state index contributed by atoms with van der Waals surface area (Å²) in [6.45, 7) is 0.626. The van der Waals surface area contributed by atoms with Gasteiger partial charge in [-0.3, -0.25) is 4.79 Å². The quantitative estimate of drug-likeness (QED) is 0.166. The van der Waals surface area contributed by atoms with Gasteiger partial charge in [-0.25, -0.2) is 14.7 Å². The van der Waals surface area contributed by atoms with Gasteiger partial charge in [0.2, 0.25) is 4.34 Å². The largest absolute Gasteiger partial charge is 0.360 e. The van der Waals surface area contributed by atoms with Crippen LogP contribution in [-0.4, -0.2) is 47.6 Å². The standard InChI is InChI=1S/C31H28Cl2N6O4S3/c32-22-2-1-3-23(33)26(22)27-21(28(43-37-27)16-4-5-16)15-35-18-13-19-7-8-20(14-18)39(19)30-36-24-9-6-17(12-25(24)45-30)29(40)38-46(41,42)31-34-10-11-44-31/h1-3,6,9-12,16,18-20,35H,4-5,7-8,13-15H2,(H,38,40). The molecule has 2 saturated heterocycles. The molecule has 2 bridgehead atoms. The van der Waals surface area contributed by atoms with Crippen LogP contribution in [0.15, 0.2) is 56.8 Å². The fourth-order valence-corrected chi connectivity index (χ4v) is 10.2. The molecular weight excluding hydrogens is 687 g/mol. The van der Waals surface area contributed by atoms with Gasteiger partial charge in [0.1, 0.15) is 11.5 Å². The van der Waals surface area contributed by atoms with Crippen LogP contribution in [0.1, 0.15) is 66.1 Å². The molecule has 0 spiro atoms. The number of amides is 1. The summed E-state index contributed by atoms with van der Waals surface area (Å²) >= 11 is 15.6. The summed E-state index contributed by atoms with van der Waals surface area (Å²) in [6, 6.07) is 11.6. The van der Waals surface area contributed by atoms with Crippen LogP contribution in [0.2, 0.25) is 10.0 Å². The third-order valence-electron chi connectivity index (χ3n) is 8.99. The maximum atomic E-state index is 12.8. The molecule has 3 fully saturated rings. The van der Waals surface area contributed by atoms with Crippen LogP contribution >= 0.6 is 45.9 Å². The Balaban J connectivity index is 0.973. The first kappa shape index (κ1) is 30.3. The molecule has 1 saturated carbocycles. The van der Waals surface area contributed by atoms with E-state index in [1.807, 2.05) is 18.2 Å². The Morgan fingerprint density at radius 2 is 1.83 bits per heavy atom. The third kappa shape index (κ3) is 5.60. The Hall–Kier alpha value is -3.07. The number of anilines is 1. The summed E-state index contributed by atoms with van der Waals surface area (Å²) in [7, 11) is -4.02. The number of sulfonamides is 1. The van der Waals surface area contributed by atoms with Gasteiger partial charge in [0.25, 0.3) is 15.9 Å². The second-order valence-electron chi connectivity index (χ2n) is 12.0. The Bertz CT molecular complexity index is 2030. The summed E-state index contributed by atoms with van der Waals surface area (Å²) in [5.74, 6) is 0.629. The van der Waals surface area contributed by atoms with Crippen molar-refractivity contribution in [3.8, 4) is 11.3 Å². The molecule has 2 aliphatic heterocycles. The zero-order valence-corrected chi connectivity index (χ0v) is 28.2. The number of thiazole rings is 2. The van der Waals surface area contributed by atoms with Crippen LogP contribution in [0, 0.1) is 0 Å². The summed E-state index contributed by atoms with van der Waals surface area (Å²) in [6.07, 6.45) is 7.70. The number of piperidine rings is 1.